The maximum absolute atomic E-state index is 12.1. The van der Waals surface area contributed by atoms with Gasteiger partial charge in [0.2, 0.25) is 0 Å². The Kier molecular flexibility index (Phi) is 4.60. The lowest BCUT2D eigenvalue weighted by Crippen LogP contribution is -2.32. The van der Waals surface area contributed by atoms with Crippen molar-refractivity contribution in [1.82, 2.24) is 15.1 Å². The van der Waals surface area contributed by atoms with Gasteiger partial charge in [0.25, 0.3) is 17.2 Å². The van der Waals surface area contributed by atoms with Gasteiger partial charge < -0.3 is 5.32 Å². The summed E-state index contributed by atoms with van der Waals surface area (Å²) in [7, 11) is 0. The van der Waals surface area contributed by atoms with E-state index in [9.17, 15) is 19.7 Å². The van der Waals surface area contributed by atoms with Gasteiger partial charge in [-0.15, -0.1) is 0 Å². The van der Waals surface area contributed by atoms with Crippen LogP contribution in [0.25, 0.3) is 0 Å². The molecule has 3 rings (SSSR count). The van der Waals surface area contributed by atoms with E-state index in [2.05, 4.69) is 10.4 Å². The number of nitro benzene ring substituents is 1. The summed E-state index contributed by atoms with van der Waals surface area (Å²) in [5.74, 6) is 0.105. The molecule has 0 radical (unpaired) electrons. The van der Waals surface area contributed by atoms with Gasteiger partial charge in [0.1, 0.15) is 0 Å². The molecular formula is C17H18N4O4. The third-order valence-corrected chi connectivity index (χ3v) is 4.15. The fourth-order valence-corrected chi connectivity index (χ4v) is 2.60. The molecule has 2 aromatic rings. The Morgan fingerprint density at radius 3 is 2.76 bits per heavy atom. The van der Waals surface area contributed by atoms with Gasteiger partial charge in [0, 0.05) is 35.7 Å². The van der Waals surface area contributed by atoms with Crippen molar-refractivity contribution in [3.63, 3.8) is 0 Å². The minimum atomic E-state index is -0.484. The van der Waals surface area contributed by atoms with Crippen LogP contribution in [0.5, 0.6) is 0 Å². The Labute approximate surface area is 143 Å². The van der Waals surface area contributed by atoms with Gasteiger partial charge in [-0.3, -0.25) is 19.7 Å². The Balaban J connectivity index is 1.61. The number of hydrogen-bond acceptors (Lipinski definition) is 5. The van der Waals surface area contributed by atoms with Crippen molar-refractivity contribution in [3.8, 4) is 0 Å². The first-order valence-corrected chi connectivity index (χ1v) is 8.07. The van der Waals surface area contributed by atoms with E-state index in [1.807, 2.05) is 0 Å². The van der Waals surface area contributed by atoms with Crippen LogP contribution in [0.2, 0.25) is 0 Å². The molecule has 0 spiro atoms. The van der Waals surface area contributed by atoms with Gasteiger partial charge in [-0.25, -0.2) is 4.68 Å². The zero-order valence-electron chi connectivity index (χ0n) is 13.8. The average Bonchev–Trinajstić information content (AvgIpc) is 3.41. The summed E-state index contributed by atoms with van der Waals surface area (Å²) in [6.45, 7) is 2.11. The Hall–Kier alpha value is -3.03. The summed E-state index contributed by atoms with van der Waals surface area (Å²) < 4.78 is 1.36. The smallest absolute Gasteiger partial charge is 0.272 e. The van der Waals surface area contributed by atoms with Crippen LogP contribution < -0.4 is 10.9 Å². The van der Waals surface area contributed by atoms with Crippen molar-refractivity contribution < 1.29 is 9.72 Å². The third kappa shape index (κ3) is 3.90. The van der Waals surface area contributed by atoms with Crippen LogP contribution in [0.4, 0.5) is 5.69 Å². The number of nitrogens with zero attached hydrogens (tertiary/aromatic N) is 3. The highest BCUT2D eigenvalue weighted by Crippen LogP contribution is 2.38. The van der Waals surface area contributed by atoms with Crippen molar-refractivity contribution in [2.24, 2.45) is 0 Å². The van der Waals surface area contributed by atoms with E-state index in [4.69, 9.17) is 0 Å². The maximum atomic E-state index is 12.1. The number of aryl methyl sites for hydroxylation is 1. The molecule has 1 heterocycles. The molecule has 1 aliphatic carbocycles. The molecule has 0 saturated heterocycles. The molecule has 1 fully saturated rings. The van der Waals surface area contributed by atoms with Crippen LogP contribution in [-0.4, -0.2) is 27.2 Å². The van der Waals surface area contributed by atoms with Crippen LogP contribution in [-0.2, 0) is 6.54 Å². The molecule has 8 heteroatoms. The van der Waals surface area contributed by atoms with Crippen LogP contribution >= 0.6 is 0 Å². The number of nitro groups is 1. The largest absolute Gasteiger partial charge is 0.350 e. The lowest BCUT2D eigenvalue weighted by atomic mass is 10.1. The molecule has 1 aromatic heterocycles. The second-order valence-corrected chi connectivity index (χ2v) is 6.11. The molecule has 130 valence electrons. The molecule has 0 atom stereocenters. The van der Waals surface area contributed by atoms with Crippen molar-refractivity contribution in [1.29, 1.82) is 0 Å². The van der Waals surface area contributed by atoms with Gasteiger partial charge in [-0.1, -0.05) is 0 Å². The second-order valence-electron chi connectivity index (χ2n) is 6.11. The molecular weight excluding hydrogens is 324 g/mol. The fraction of sp³-hybridized carbons (Fsp3) is 0.353. The van der Waals surface area contributed by atoms with Crippen LogP contribution in [0.3, 0.4) is 0 Å². The molecule has 1 aliphatic rings. The molecule has 1 aromatic carbocycles. The highest BCUT2D eigenvalue weighted by atomic mass is 16.6. The summed E-state index contributed by atoms with van der Waals surface area (Å²) in [5, 5.41) is 17.8. The highest BCUT2D eigenvalue weighted by Gasteiger charge is 2.25. The topological polar surface area (TPSA) is 107 Å². The predicted molar refractivity (Wildman–Crippen MR) is 90.6 cm³/mol. The molecule has 0 unspecified atom stereocenters. The van der Waals surface area contributed by atoms with E-state index in [1.165, 1.54) is 28.9 Å². The van der Waals surface area contributed by atoms with Crippen LogP contribution in [0, 0.1) is 17.0 Å². The SMILES string of the molecule is Cc1cc(C(=O)NCCn2nc(C3CC3)ccc2=O)ccc1[N+](=O)[O-]. The van der Waals surface area contributed by atoms with E-state index in [-0.39, 0.29) is 30.2 Å². The molecule has 0 aliphatic heterocycles. The minimum Gasteiger partial charge on any atom is -0.350 e. The van der Waals surface area contributed by atoms with E-state index in [0.29, 0.717) is 17.0 Å². The quantitative estimate of drug-likeness (QED) is 0.636. The molecule has 8 nitrogen and oxygen atoms in total. The van der Waals surface area contributed by atoms with E-state index < -0.39 is 4.92 Å². The number of nitrogens with one attached hydrogen (secondary N) is 1. The Morgan fingerprint density at radius 1 is 1.36 bits per heavy atom. The van der Waals surface area contributed by atoms with E-state index in [1.54, 1.807) is 13.0 Å². The minimum absolute atomic E-state index is 0.0239. The van der Waals surface area contributed by atoms with Crippen molar-refractivity contribution >= 4 is 11.6 Å². The number of amides is 1. The van der Waals surface area contributed by atoms with Gasteiger partial charge in [0.05, 0.1) is 17.2 Å². The van der Waals surface area contributed by atoms with Crippen molar-refractivity contribution in [2.75, 3.05) is 6.54 Å². The van der Waals surface area contributed by atoms with Gasteiger partial charge in [-0.2, -0.15) is 5.10 Å². The standard InChI is InChI=1S/C17H18N4O4/c1-11-10-13(4-6-15(11)21(24)25)17(23)18-8-9-20-16(22)7-5-14(19-20)12-2-3-12/h4-7,10,12H,2-3,8-9H2,1H3,(H,18,23). The molecule has 0 bridgehead atoms. The van der Waals surface area contributed by atoms with Gasteiger partial charge in [0.15, 0.2) is 0 Å². The number of carbonyl (C=O) groups is 1. The van der Waals surface area contributed by atoms with Gasteiger partial charge >= 0.3 is 0 Å². The van der Waals surface area contributed by atoms with E-state index in [0.717, 1.165) is 18.5 Å². The van der Waals surface area contributed by atoms with Crippen molar-refractivity contribution in [2.45, 2.75) is 32.2 Å². The normalized spacial score (nSPS) is 13.5. The first-order chi connectivity index (χ1) is 12.0. The number of benzene rings is 1. The fourth-order valence-electron chi connectivity index (χ4n) is 2.60. The highest BCUT2D eigenvalue weighted by molar-refractivity contribution is 5.94. The lowest BCUT2D eigenvalue weighted by molar-refractivity contribution is -0.385. The summed E-state index contributed by atoms with van der Waals surface area (Å²) in [6, 6.07) is 7.47. The Bertz CT molecular complexity index is 886. The molecule has 1 amide bonds. The first-order valence-electron chi connectivity index (χ1n) is 8.07. The average molecular weight is 342 g/mol. The number of aromatic nitrogens is 2. The van der Waals surface area contributed by atoms with Crippen molar-refractivity contribution in [3.05, 3.63) is 67.6 Å². The predicted octanol–water partition coefficient (Wildman–Crippen LogP) is 1.77. The zero-order valence-corrected chi connectivity index (χ0v) is 13.8. The second kappa shape index (κ2) is 6.84. The summed E-state index contributed by atoms with van der Waals surface area (Å²) >= 11 is 0. The number of carbonyl (C=O) groups excluding carboxylic acids is 1. The molecule has 25 heavy (non-hydrogen) atoms. The molecule has 1 N–H and O–H groups in total. The Morgan fingerprint density at radius 2 is 2.12 bits per heavy atom. The monoisotopic (exact) mass is 342 g/mol. The summed E-state index contributed by atoms with van der Waals surface area (Å²) in [6.07, 6.45) is 2.20. The van der Waals surface area contributed by atoms with E-state index >= 15 is 0 Å². The third-order valence-electron chi connectivity index (χ3n) is 4.15. The number of hydrogen-bond donors (Lipinski definition) is 1. The maximum Gasteiger partial charge on any atom is 0.272 e. The summed E-state index contributed by atoms with van der Waals surface area (Å²) in [5.41, 5.74) is 1.45. The zero-order chi connectivity index (χ0) is 18.0. The lowest BCUT2D eigenvalue weighted by Gasteiger charge is -2.08. The summed E-state index contributed by atoms with van der Waals surface area (Å²) in [4.78, 5) is 34.3. The number of rotatable bonds is 6. The van der Waals surface area contributed by atoms with Crippen LogP contribution in [0.15, 0.2) is 35.1 Å². The first kappa shape index (κ1) is 16.8. The van der Waals surface area contributed by atoms with Gasteiger partial charge in [-0.05, 0) is 38.0 Å². The van der Waals surface area contributed by atoms with Crippen LogP contribution in [0.1, 0.15) is 40.4 Å². The molecule has 1 saturated carbocycles.